The molecule has 4 aromatic rings. The zero-order valence-corrected chi connectivity index (χ0v) is 16.7. The molecule has 0 atom stereocenters. The Bertz CT molecular complexity index is 1070. The summed E-state index contributed by atoms with van der Waals surface area (Å²) in [5.41, 5.74) is 3.01. The molecule has 3 aromatic heterocycles. The van der Waals surface area contributed by atoms with Crippen molar-refractivity contribution >= 4 is 44.9 Å². The lowest BCUT2D eigenvalue weighted by molar-refractivity contribution is -0.116. The molecule has 1 N–H and O–H groups in total. The molecule has 1 amide bonds. The monoisotopic (exact) mass is 406 g/mol. The molecule has 7 heteroatoms. The topological polar surface area (TPSA) is 67.8 Å². The van der Waals surface area contributed by atoms with E-state index >= 15 is 0 Å². The van der Waals surface area contributed by atoms with Crippen molar-refractivity contribution in [3.8, 4) is 11.3 Å². The van der Waals surface area contributed by atoms with Crippen LogP contribution >= 0.6 is 22.7 Å². The van der Waals surface area contributed by atoms with Crippen LogP contribution in [0.4, 0.5) is 0 Å². The van der Waals surface area contributed by atoms with Gasteiger partial charge in [0.1, 0.15) is 5.01 Å². The van der Waals surface area contributed by atoms with Crippen molar-refractivity contribution in [1.29, 1.82) is 0 Å². The molecule has 0 radical (unpaired) electrons. The fourth-order valence-corrected chi connectivity index (χ4v) is 4.42. The van der Waals surface area contributed by atoms with Gasteiger partial charge in [-0.15, -0.1) is 22.7 Å². The lowest BCUT2D eigenvalue weighted by Gasteiger charge is -2.00. The molecule has 0 aliphatic carbocycles. The first-order chi connectivity index (χ1) is 13.8. The van der Waals surface area contributed by atoms with Gasteiger partial charge in [0.15, 0.2) is 0 Å². The third-order valence-electron chi connectivity index (χ3n) is 4.08. The molecular weight excluding hydrogens is 388 g/mol. The number of nitrogens with one attached hydrogen (secondary N) is 1. The van der Waals surface area contributed by atoms with E-state index in [1.807, 2.05) is 36.4 Å². The largest absolute Gasteiger partial charge is 0.353 e. The summed E-state index contributed by atoms with van der Waals surface area (Å²) in [7, 11) is 0. The highest BCUT2D eigenvalue weighted by molar-refractivity contribution is 7.19. The molecule has 140 valence electrons. The molecule has 0 fully saturated rings. The van der Waals surface area contributed by atoms with Crippen LogP contribution in [0.1, 0.15) is 16.4 Å². The van der Waals surface area contributed by atoms with Gasteiger partial charge >= 0.3 is 0 Å². The van der Waals surface area contributed by atoms with E-state index in [0.29, 0.717) is 6.54 Å². The fourth-order valence-electron chi connectivity index (χ4n) is 2.70. The van der Waals surface area contributed by atoms with E-state index in [2.05, 4.69) is 25.6 Å². The third kappa shape index (κ3) is 4.68. The maximum absolute atomic E-state index is 12.0. The number of aromatic nitrogens is 3. The van der Waals surface area contributed by atoms with Crippen molar-refractivity contribution in [2.24, 2.45) is 0 Å². The van der Waals surface area contributed by atoms with E-state index in [9.17, 15) is 4.79 Å². The van der Waals surface area contributed by atoms with Crippen molar-refractivity contribution in [1.82, 2.24) is 20.3 Å². The number of aryl methyl sites for hydroxylation is 1. The van der Waals surface area contributed by atoms with Crippen LogP contribution in [0.5, 0.6) is 0 Å². The first kappa shape index (κ1) is 18.5. The molecule has 0 saturated heterocycles. The standard InChI is InChI=1S/C21H18N4OS2/c26-19(7-8-21-24-16-4-1-2-5-18(16)28-21)23-11-3-6-20-25-17(14-27-20)15-9-12-22-13-10-15/h1-2,4-5,7-10,12-14H,3,6,11H2,(H,23,26)/b8-7+. The summed E-state index contributed by atoms with van der Waals surface area (Å²) in [6, 6.07) is 11.9. The van der Waals surface area contributed by atoms with Crippen LogP contribution in [-0.4, -0.2) is 27.4 Å². The second-order valence-corrected chi connectivity index (χ2v) is 8.11. The average Bonchev–Trinajstić information content (AvgIpc) is 3.37. The molecule has 28 heavy (non-hydrogen) atoms. The lowest BCUT2D eigenvalue weighted by atomic mass is 10.2. The Kier molecular flexibility index (Phi) is 5.84. The van der Waals surface area contributed by atoms with Crippen LogP contribution in [0.2, 0.25) is 0 Å². The minimum Gasteiger partial charge on any atom is -0.353 e. The number of amides is 1. The van der Waals surface area contributed by atoms with Crippen LogP contribution < -0.4 is 5.32 Å². The first-order valence-electron chi connectivity index (χ1n) is 8.94. The number of hydrogen-bond acceptors (Lipinski definition) is 6. The van der Waals surface area contributed by atoms with Gasteiger partial charge in [-0.3, -0.25) is 9.78 Å². The van der Waals surface area contributed by atoms with E-state index in [-0.39, 0.29) is 5.91 Å². The number of rotatable bonds is 7. The molecule has 4 rings (SSSR count). The minimum absolute atomic E-state index is 0.101. The Morgan fingerprint density at radius 3 is 2.82 bits per heavy atom. The van der Waals surface area contributed by atoms with Crippen molar-refractivity contribution in [2.45, 2.75) is 12.8 Å². The molecule has 0 unspecified atom stereocenters. The summed E-state index contributed by atoms with van der Waals surface area (Å²) >= 11 is 3.22. The molecule has 0 saturated carbocycles. The highest BCUT2D eigenvalue weighted by Crippen LogP contribution is 2.23. The number of carbonyl (C=O) groups is 1. The second kappa shape index (κ2) is 8.86. The summed E-state index contributed by atoms with van der Waals surface area (Å²) in [4.78, 5) is 25.2. The van der Waals surface area contributed by atoms with Gasteiger partial charge in [-0.1, -0.05) is 12.1 Å². The van der Waals surface area contributed by atoms with Crippen LogP contribution in [0.15, 0.2) is 60.2 Å². The number of nitrogens with zero attached hydrogens (tertiary/aromatic N) is 3. The maximum atomic E-state index is 12.0. The highest BCUT2D eigenvalue weighted by atomic mass is 32.1. The molecule has 0 aliphatic rings. The summed E-state index contributed by atoms with van der Waals surface area (Å²) in [5.74, 6) is -0.101. The number of carbonyl (C=O) groups excluding carboxylic acids is 1. The molecule has 1 aromatic carbocycles. The number of benzene rings is 1. The SMILES string of the molecule is O=C(/C=C/c1nc2ccccc2s1)NCCCc1nc(-c2ccncc2)cs1. The minimum atomic E-state index is -0.101. The van der Waals surface area contributed by atoms with Gasteiger partial charge in [-0.05, 0) is 36.8 Å². The predicted molar refractivity (Wildman–Crippen MR) is 115 cm³/mol. The van der Waals surface area contributed by atoms with Gasteiger partial charge in [0.2, 0.25) is 5.91 Å². The predicted octanol–water partition coefficient (Wildman–Crippen LogP) is 4.58. The number of fused-ring (bicyclic) bond motifs is 1. The quantitative estimate of drug-likeness (QED) is 0.360. The van der Waals surface area contributed by atoms with Crippen LogP contribution in [0, 0.1) is 0 Å². The Morgan fingerprint density at radius 2 is 1.96 bits per heavy atom. The Hall–Kier alpha value is -2.90. The van der Waals surface area contributed by atoms with Gasteiger partial charge in [-0.2, -0.15) is 0 Å². The van der Waals surface area contributed by atoms with Crippen LogP contribution in [0.25, 0.3) is 27.6 Å². The van der Waals surface area contributed by atoms with Gasteiger partial charge < -0.3 is 5.32 Å². The van der Waals surface area contributed by atoms with E-state index in [4.69, 9.17) is 0 Å². The first-order valence-corrected chi connectivity index (χ1v) is 10.6. The second-order valence-electron chi connectivity index (χ2n) is 6.11. The molecule has 3 heterocycles. The van der Waals surface area contributed by atoms with Gasteiger partial charge in [0, 0.05) is 42.4 Å². The molecular formula is C21H18N4OS2. The van der Waals surface area contributed by atoms with Crippen LogP contribution in [0.3, 0.4) is 0 Å². The lowest BCUT2D eigenvalue weighted by Crippen LogP contribution is -2.22. The molecule has 0 aliphatic heterocycles. The fraction of sp³-hybridized carbons (Fsp3) is 0.143. The van der Waals surface area contributed by atoms with Crippen molar-refractivity contribution in [3.63, 3.8) is 0 Å². The number of para-hydroxylation sites is 1. The van der Waals surface area contributed by atoms with Gasteiger partial charge in [-0.25, -0.2) is 9.97 Å². The summed E-state index contributed by atoms with van der Waals surface area (Å²) < 4.78 is 1.12. The smallest absolute Gasteiger partial charge is 0.244 e. The van der Waals surface area contributed by atoms with Crippen molar-refractivity contribution < 1.29 is 4.79 Å². The molecule has 0 bridgehead atoms. The highest BCUT2D eigenvalue weighted by Gasteiger charge is 2.05. The van der Waals surface area contributed by atoms with Crippen molar-refractivity contribution in [2.75, 3.05) is 6.54 Å². The maximum Gasteiger partial charge on any atom is 0.244 e. The van der Waals surface area contributed by atoms with E-state index in [0.717, 1.165) is 44.3 Å². The normalized spacial score (nSPS) is 11.3. The number of thiazole rings is 2. The van der Waals surface area contributed by atoms with E-state index < -0.39 is 0 Å². The summed E-state index contributed by atoms with van der Waals surface area (Å²) in [6.07, 6.45) is 8.55. The Labute approximate surface area is 170 Å². The van der Waals surface area contributed by atoms with Crippen LogP contribution in [-0.2, 0) is 11.2 Å². The summed E-state index contributed by atoms with van der Waals surface area (Å²) in [5, 5.41) is 6.89. The zero-order valence-electron chi connectivity index (χ0n) is 15.0. The molecule has 5 nitrogen and oxygen atoms in total. The molecule has 0 spiro atoms. The Balaban J connectivity index is 1.23. The van der Waals surface area contributed by atoms with Crippen molar-refractivity contribution in [3.05, 3.63) is 70.3 Å². The van der Waals surface area contributed by atoms with Gasteiger partial charge in [0.05, 0.1) is 20.9 Å². The van der Waals surface area contributed by atoms with Gasteiger partial charge in [0.25, 0.3) is 0 Å². The third-order valence-corrected chi connectivity index (χ3v) is 5.99. The number of hydrogen-bond donors (Lipinski definition) is 1. The Morgan fingerprint density at radius 1 is 1.11 bits per heavy atom. The van der Waals surface area contributed by atoms with E-state index in [1.54, 1.807) is 47.2 Å². The number of pyridine rings is 1. The average molecular weight is 407 g/mol. The summed E-state index contributed by atoms with van der Waals surface area (Å²) in [6.45, 7) is 0.618. The van der Waals surface area contributed by atoms with E-state index in [1.165, 1.54) is 0 Å². The zero-order chi connectivity index (χ0) is 19.2.